The number of aromatic nitrogens is 2. The summed E-state index contributed by atoms with van der Waals surface area (Å²) in [6.07, 6.45) is 0.620. The van der Waals surface area contributed by atoms with E-state index in [-0.39, 0.29) is 12.3 Å². The molecule has 0 atom stereocenters. The average molecular weight is 323 g/mol. The highest BCUT2D eigenvalue weighted by Crippen LogP contribution is 2.23. The van der Waals surface area contributed by atoms with E-state index in [0.29, 0.717) is 29.6 Å². The molecule has 0 fully saturated rings. The van der Waals surface area contributed by atoms with Gasteiger partial charge in [-0.2, -0.15) is 4.98 Å². The minimum absolute atomic E-state index is 0.140. The second-order valence-electron chi connectivity index (χ2n) is 5.13. The number of para-hydroxylation sites is 2. The summed E-state index contributed by atoms with van der Waals surface area (Å²) in [6, 6.07) is 16.8. The molecule has 1 N–H and O–H groups in total. The van der Waals surface area contributed by atoms with Crippen LogP contribution in [0.4, 0.5) is 5.69 Å². The van der Waals surface area contributed by atoms with Crippen LogP contribution >= 0.6 is 0 Å². The van der Waals surface area contributed by atoms with Crippen LogP contribution in [-0.2, 0) is 11.2 Å². The lowest BCUT2D eigenvalue weighted by Crippen LogP contribution is -2.13. The standard InChI is InChI=1S/C18H17N3O3/c1-23-15-10-6-5-9-14(15)19-16(22)11-12-17-20-18(21-24-17)13-7-3-2-4-8-13/h2-10H,11-12H2,1H3,(H,19,22). The molecule has 0 saturated carbocycles. The van der Waals surface area contributed by atoms with Crippen molar-refractivity contribution < 1.29 is 14.1 Å². The number of hydrogen-bond acceptors (Lipinski definition) is 5. The van der Waals surface area contributed by atoms with Gasteiger partial charge in [0.1, 0.15) is 5.75 Å². The number of methoxy groups -OCH3 is 1. The summed E-state index contributed by atoms with van der Waals surface area (Å²) < 4.78 is 10.4. The van der Waals surface area contributed by atoms with Gasteiger partial charge < -0.3 is 14.6 Å². The first kappa shape index (κ1) is 15.7. The fourth-order valence-electron chi connectivity index (χ4n) is 2.24. The number of hydrogen-bond donors (Lipinski definition) is 1. The third-order valence-corrected chi connectivity index (χ3v) is 3.45. The van der Waals surface area contributed by atoms with Gasteiger partial charge in [-0.05, 0) is 12.1 Å². The normalized spacial score (nSPS) is 10.4. The zero-order chi connectivity index (χ0) is 16.8. The van der Waals surface area contributed by atoms with Crippen molar-refractivity contribution in [3.63, 3.8) is 0 Å². The van der Waals surface area contributed by atoms with E-state index in [1.807, 2.05) is 42.5 Å². The number of ether oxygens (including phenoxy) is 1. The Bertz CT molecular complexity index is 815. The number of anilines is 1. The molecule has 3 rings (SSSR count). The van der Waals surface area contributed by atoms with Crippen molar-refractivity contribution in [1.82, 2.24) is 10.1 Å². The molecule has 122 valence electrons. The number of benzene rings is 2. The molecule has 0 saturated heterocycles. The van der Waals surface area contributed by atoms with Crippen LogP contribution in [0.25, 0.3) is 11.4 Å². The van der Waals surface area contributed by atoms with Gasteiger partial charge >= 0.3 is 0 Å². The second-order valence-corrected chi connectivity index (χ2v) is 5.13. The largest absolute Gasteiger partial charge is 0.495 e. The molecular formula is C18H17N3O3. The van der Waals surface area contributed by atoms with E-state index in [2.05, 4.69) is 15.5 Å². The monoisotopic (exact) mass is 323 g/mol. The fraction of sp³-hybridized carbons (Fsp3) is 0.167. The summed E-state index contributed by atoms with van der Waals surface area (Å²) in [5.74, 6) is 1.44. The van der Waals surface area contributed by atoms with Crippen molar-refractivity contribution in [3.05, 3.63) is 60.5 Å². The van der Waals surface area contributed by atoms with Gasteiger partial charge in [-0.3, -0.25) is 4.79 Å². The van der Waals surface area contributed by atoms with E-state index in [0.717, 1.165) is 5.56 Å². The predicted molar refractivity (Wildman–Crippen MR) is 89.7 cm³/mol. The summed E-state index contributed by atoms with van der Waals surface area (Å²) in [5.41, 5.74) is 1.52. The van der Waals surface area contributed by atoms with Gasteiger partial charge in [-0.15, -0.1) is 0 Å². The lowest BCUT2D eigenvalue weighted by Gasteiger charge is -2.08. The van der Waals surface area contributed by atoms with Crippen LogP contribution in [0.2, 0.25) is 0 Å². The zero-order valence-electron chi connectivity index (χ0n) is 13.2. The fourth-order valence-corrected chi connectivity index (χ4v) is 2.24. The molecule has 6 nitrogen and oxygen atoms in total. The summed E-state index contributed by atoms with van der Waals surface area (Å²) in [6.45, 7) is 0. The molecule has 0 spiro atoms. The number of carbonyl (C=O) groups excluding carboxylic acids is 1. The van der Waals surface area contributed by atoms with E-state index in [1.165, 1.54) is 0 Å². The topological polar surface area (TPSA) is 77.2 Å². The molecule has 2 aromatic carbocycles. The quantitative estimate of drug-likeness (QED) is 0.753. The smallest absolute Gasteiger partial charge is 0.227 e. The highest BCUT2D eigenvalue weighted by Gasteiger charge is 2.11. The number of aryl methyl sites for hydroxylation is 1. The Morgan fingerprint density at radius 3 is 2.67 bits per heavy atom. The van der Waals surface area contributed by atoms with E-state index in [4.69, 9.17) is 9.26 Å². The van der Waals surface area contributed by atoms with Crippen LogP contribution in [0, 0.1) is 0 Å². The van der Waals surface area contributed by atoms with Gasteiger partial charge in [0.2, 0.25) is 17.6 Å². The third kappa shape index (κ3) is 3.78. The number of nitrogens with zero attached hydrogens (tertiary/aromatic N) is 2. The summed E-state index contributed by atoms with van der Waals surface area (Å²) in [7, 11) is 1.56. The third-order valence-electron chi connectivity index (χ3n) is 3.45. The summed E-state index contributed by atoms with van der Waals surface area (Å²) >= 11 is 0. The zero-order valence-corrected chi connectivity index (χ0v) is 13.2. The van der Waals surface area contributed by atoms with Crippen molar-refractivity contribution in [2.24, 2.45) is 0 Å². The molecule has 1 aromatic heterocycles. The maximum atomic E-state index is 12.1. The molecule has 1 heterocycles. The second kappa shape index (κ2) is 7.41. The first-order valence-electron chi connectivity index (χ1n) is 7.57. The summed E-state index contributed by atoms with van der Waals surface area (Å²) in [5, 5.41) is 6.75. The minimum Gasteiger partial charge on any atom is -0.495 e. The Balaban J connectivity index is 1.58. The molecule has 0 aliphatic heterocycles. The average Bonchev–Trinajstić information content (AvgIpc) is 3.10. The highest BCUT2D eigenvalue weighted by molar-refractivity contribution is 5.92. The Morgan fingerprint density at radius 2 is 1.88 bits per heavy atom. The maximum Gasteiger partial charge on any atom is 0.227 e. The lowest BCUT2D eigenvalue weighted by atomic mass is 10.2. The van der Waals surface area contributed by atoms with Crippen molar-refractivity contribution in [2.45, 2.75) is 12.8 Å². The molecule has 0 aliphatic rings. The van der Waals surface area contributed by atoms with Crippen molar-refractivity contribution in [3.8, 4) is 17.1 Å². The highest BCUT2D eigenvalue weighted by atomic mass is 16.5. The number of rotatable bonds is 6. The molecule has 0 unspecified atom stereocenters. The van der Waals surface area contributed by atoms with Gasteiger partial charge in [0.15, 0.2) is 0 Å². The Morgan fingerprint density at radius 1 is 1.12 bits per heavy atom. The van der Waals surface area contributed by atoms with Gasteiger partial charge in [0.25, 0.3) is 0 Å². The minimum atomic E-state index is -0.140. The van der Waals surface area contributed by atoms with Crippen molar-refractivity contribution >= 4 is 11.6 Å². The summed E-state index contributed by atoms with van der Waals surface area (Å²) in [4.78, 5) is 16.4. The molecule has 0 aliphatic carbocycles. The van der Waals surface area contributed by atoms with Gasteiger partial charge in [-0.25, -0.2) is 0 Å². The molecule has 1 amide bonds. The van der Waals surface area contributed by atoms with Gasteiger partial charge in [0.05, 0.1) is 12.8 Å². The van der Waals surface area contributed by atoms with Crippen molar-refractivity contribution in [1.29, 1.82) is 0 Å². The van der Waals surface area contributed by atoms with Crippen molar-refractivity contribution in [2.75, 3.05) is 12.4 Å². The molecule has 24 heavy (non-hydrogen) atoms. The lowest BCUT2D eigenvalue weighted by molar-refractivity contribution is -0.116. The maximum absolute atomic E-state index is 12.1. The molecule has 3 aromatic rings. The van der Waals surface area contributed by atoms with E-state index < -0.39 is 0 Å². The molecule has 6 heteroatoms. The number of nitrogens with one attached hydrogen (secondary N) is 1. The number of amides is 1. The van der Waals surface area contributed by atoms with Crippen LogP contribution in [-0.4, -0.2) is 23.2 Å². The van der Waals surface area contributed by atoms with Gasteiger partial charge in [-0.1, -0.05) is 47.6 Å². The first-order chi connectivity index (χ1) is 11.8. The first-order valence-corrected chi connectivity index (χ1v) is 7.57. The molecule has 0 radical (unpaired) electrons. The van der Waals surface area contributed by atoms with E-state index in [1.54, 1.807) is 19.2 Å². The van der Waals surface area contributed by atoms with Crippen LogP contribution < -0.4 is 10.1 Å². The Hall–Kier alpha value is -3.15. The van der Waals surface area contributed by atoms with Crippen LogP contribution in [0.3, 0.4) is 0 Å². The Labute approximate surface area is 139 Å². The van der Waals surface area contributed by atoms with Crippen LogP contribution in [0.15, 0.2) is 59.1 Å². The molecule has 0 bridgehead atoms. The van der Waals surface area contributed by atoms with Crippen LogP contribution in [0.5, 0.6) is 5.75 Å². The van der Waals surface area contributed by atoms with E-state index in [9.17, 15) is 4.79 Å². The SMILES string of the molecule is COc1ccccc1NC(=O)CCc1nc(-c2ccccc2)no1. The molecular weight excluding hydrogens is 306 g/mol. The Kier molecular flexibility index (Phi) is 4.86. The predicted octanol–water partition coefficient (Wildman–Crippen LogP) is 3.32. The number of carbonyl (C=O) groups is 1. The van der Waals surface area contributed by atoms with E-state index >= 15 is 0 Å². The van der Waals surface area contributed by atoms with Crippen LogP contribution in [0.1, 0.15) is 12.3 Å². The van der Waals surface area contributed by atoms with Gasteiger partial charge in [0, 0.05) is 18.4 Å².